The first-order valence-corrected chi connectivity index (χ1v) is 9.78. The van der Waals surface area contributed by atoms with Crippen molar-refractivity contribution in [3.63, 3.8) is 0 Å². The molecule has 3 rings (SSSR count). The van der Waals surface area contributed by atoms with E-state index in [1.165, 1.54) is 14.0 Å². The zero-order valence-corrected chi connectivity index (χ0v) is 16.6. The van der Waals surface area contributed by atoms with E-state index in [4.69, 9.17) is 4.74 Å². The summed E-state index contributed by atoms with van der Waals surface area (Å²) < 4.78 is 7.88. The summed E-state index contributed by atoms with van der Waals surface area (Å²) in [5, 5.41) is 1.13. The number of halogens is 1. The molecule has 0 spiro atoms. The maximum Gasteiger partial charge on any atom is 0.415 e. The average Bonchev–Trinajstić information content (AvgIpc) is 2.95. The number of hydrogen-bond donors (Lipinski definition) is 0. The Hall–Kier alpha value is -1.60. The smallest absolute Gasteiger partial charge is 0.409 e. The molecule has 3 aromatic rings. The summed E-state index contributed by atoms with van der Waals surface area (Å²) in [6, 6.07) is 16.2. The molecule has 0 saturated heterocycles. The van der Waals surface area contributed by atoms with Crippen LogP contribution in [0.15, 0.2) is 48.5 Å². The molecule has 0 unspecified atom stereocenters. The van der Waals surface area contributed by atoms with Crippen molar-refractivity contribution in [2.75, 3.05) is 13.1 Å². The topological polar surface area (TPSA) is 29.5 Å². The van der Waals surface area contributed by atoms with Crippen LogP contribution in [0.5, 0.6) is 5.75 Å². The van der Waals surface area contributed by atoms with Crippen molar-refractivity contribution in [1.29, 1.82) is 0 Å². The van der Waals surface area contributed by atoms with Crippen molar-refractivity contribution < 1.29 is 9.53 Å². The number of benzene rings is 2. The Bertz CT molecular complexity index is 856. The highest BCUT2D eigenvalue weighted by atomic mass is 127. The first-order valence-electron chi connectivity index (χ1n) is 7.88. The zero-order chi connectivity index (χ0) is 17.1. The van der Waals surface area contributed by atoms with E-state index in [-0.39, 0.29) is 6.09 Å². The minimum Gasteiger partial charge on any atom is -0.409 e. The largest absolute Gasteiger partial charge is 0.415 e. The summed E-state index contributed by atoms with van der Waals surface area (Å²) in [7, 11) is 0. The Morgan fingerprint density at radius 2 is 1.79 bits per heavy atom. The minimum absolute atomic E-state index is 0.294. The van der Waals surface area contributed by atoms with Crippen LogP contribution in [-0.4, -0.2) is 24.1 Å². The lowest BCUT2D eigenvalue weighted by molar-refractivity contribution is 0.158. The van der Waals surface area contributed by atoms with Crippen molar-refractivity contribution in [2.45, 2.75) is 13.8 Å². The lowest BCUT2D eigenvalue weighted by atomic mass is 10.1. The van der Waals surface area contributed by atoms with Crippen molar-refractivity contribution in [3.8, 4) is 16.2 Å². The van der Waals surface area contributed by atoms with Crippen LogP contribution in [0, 0.1) is 3.57 Å². The summed E-state index contributed by atoms with van der Waals surface area (Å²) in [6.45, 7) is 5.19. The number of thiophene rings is 1. The number of ether oxygens (including phenoxy) is 1. The Morgan fingerprint density at radius 1 is 1.08 bits per heavy atom. The minimum atomic E-state index is -0.294. The predicted molar refractivity (Wildman–Crippen MR) is 109 cm³/mol. The van der Waals surface area contributed by atoms with Crippen LogP contribution < -0.4 is 4.74 Å². The van der Waals surface area contributed by atoms with Crippen LogP contribution in [0.2, 0.25) is 0 Å². The Morgan fingerprint density at radius 3 is 2.46 bits per heavy atom. The van der Waals surface area contributed by atoms with E-state index < -0.39 is 0 Å². The average molecular weight is 451 g/mol. The molecule has 0 N–H and O–H groups in total. The van der Waals surface area contributed by atoms with Gasteiger partial charge in [-0.25, -0.2) is 4.79 Å². The van der Waals surface area contributed by atoms with Gasteiger partial charge in [0.15, 0.2) is 5.75 Å². The molecule has 1 amide bonds. The van der Waals surface area contributed by atoms with Crippen molar-refractivity contribution >= 4 is 50.1 Å². The molecular formula is C19H18INO2S. The van der Waals surface area contributed by atoms with E-state index in [0.29, 0.717) is 18.8 Å². The van der Waals surface area contributed by atoms with Gasteiger partial charge in [-0.05, 0) is 48.1 Å². The van der Waals surface area contributed by atoms with Gasteiger partial charge < -0.3 is 9.64 Å². The van der Waals surface area contributed by atoms with E-state index >= 15 is 0 Å². The van der Waals surface area contributed by atoms with Crippen molar-refractivity contribution in [1.82, 2.24) is 4.90 Å². The van der Waals surface area contributed by atoms with Gasteiger partial charge in [-0.15, -0.1) is 11.3 Å². The first-order chi connectivity index (χ1) is 11.7. The fraction of sp³-hybridized carbons (Fsp3) is 0.211. The second-order valence-electron chi connectivity index (χ2n) is 5.28. The van der Waals surface area contributed by atoms with E-state index in [9.17, 15) is 4.79 Å². The van der Waals surface area contributed by atoms with Gasteiger partial charge in [-0.3, -0.25) is 0 Å². The van der Waals surface area contributed by atoms with Gasteiger partial charge in [0, 0.05) is 26.9 Å². The lowest BCUT2D eigenvalue weighted by Gasteiger charge is -2.18. The molecule has 124 valence electrons. The Balaban J connectivity index is 2.03. The number of nitrogens with zero attached hydrogens (tertiary/aromatic N) is 1. The van der Waals surface area contributed by atoms with Crippen LogP contribution in [0.1, 0.15) is 13.8 Å². The predicted octanol–water partition coefficient (Wildman–Crippen LogP) is 6.01. The third-order valence-corrected chi connectivity index (χ3v) is 6.63. The molecule has 0 fully saturated rings. The van der Waals surface area contributed by atoms with Crippen molar-refractivity contribution in [3.05, 3.63) is 52.1 Å². The molecule has 3 nitrogen and oxygen atoms in total. The van der Waals surface area contributed by atoms with Gasteiger partial charge in [-0.2, -0.15) is 0 Å². The van der Waals surface area contributed by atoms with E-state index in [0.717, 1.165) is 10.1 Å². The van der Waals surface area contributed by atoms with Crippen LogP contribution in [0.25, 0.3) is 20.5 Å². The van der Waals surface area contributed by atoms with Crippen LogP contribution >= 0.6 is 33.9 Å². The molecule has 24 heavy (non-hydrogen) atoms. The van der Waals surface area contributed by atoms with Crippen LogP contribution in [-0.2, 0) is 0 Å². The summed E-state index contributed by atoms with van der Waals surface area (Å²) in [4.78, 5) is 15.2. The second-order valence-corrected chi connectivity index (χ2v) is 7.38. The number of carbonyl (C=O) groups excluding carboxylic acids is 1. The summed E-state index contributed by atoms with van der Waals surface area (Å²) >= 11 is 4.04. The quantitative estimate of drug-likeness (QED) is 0.455. The first kappa shape index (κ1) is 17.2. The third kappa shape index (κ3) is 3.28. The highest BCUT2D eigenvalue weighted by molar-refractivity contribution is 14.1. The Kier molecular flexibility index (Phi) is 5.40. The molecule has 1 aromatic heterocycles. The zero-order valence-electron chi connectivity index (χ0n) is 13.6. The van der Waals surface area contributed by atoms with Crippen molar-refractivity contribution in [2.24, 2.45) is 0 Å². The lowest BCUT2D eigenvalue weighted by Crippen LogP contribution is -2.33. The summed E-state index contributed by atoms with van der Waals surface area (Å²) in [5.74, 6) is 0.634. The number of rotatable bonds is 4. The molecule has 0 radical (unpaired) electrons. The fourth-order valence-corrected chi connectivity index (χ4v) is 4.98. The van der Waals surface area contributed by atoms with E-state index in [1.807, 2.05) is 44.2 Å². The number of hydrogen-bond acceptors (Lipinski definition) is 3. The van der Waals surface area contributed by atoms with Gasteiger partial charge in [0.25, 0.3) is 0 Å². The molecule has 0 atom stereocenters. The molecule has 0 aliphatic heterocycles. The van der Waals surface area contributed by atoms with Crippen LogP contribution in [0.3, 0.4) is 0 Å². The molecule has 0 saturated carbocycles. The standard InChI is InChI=1S/C19H18INO2S/c1-3-21(4-2)19(22)23-15-12-8-11-14-16(20)17(24-18(14)15)13-9-6-5-7-10-13/h5-12H,3-4H2,1-2H3. The second kappa shape index (κ2) is 7.53. The van der Waals surface area contributed by atoms with Gasteiger partial charge in [0.2, 0.25) is 0 Å². The van der Waals surface area contributed by atoms with Gasteiger partial charge in [0.1, 0.15) is 0 Å². The molecule has 0 aliphatic carbocycles. The van der Waals surface area contributed by atoms with E-state index in [2.05, 4.69) is 40.8 Å². The molecular weight excluding hydrogens is 433 g/mol. The highest BCUT2D eigenvalue weighted by Crippen LogP contribution is 2.43. The van der Waals surface area contributed by atoms with Crippen LogP contribution in [0.4, 0.5) is 4.79 Å². The normalized spacial score (nSPS) is 10.8. The number of fused-ring (bicyclic) bond motifs is 1. The third-order valence-electron chi connectivity index (χ3n) is 3.87. The SMILES string of the molecule is CCN(CC)C(=O)Oc1cccc2c(I)c(-c3ccccc3)sc12. The van der Waals surface area contributed by atoms with Gasteiger partial charge >= 0.3 is 6.09 Å². The monoisotopic (exact) mass is 451 g/mol. The maximum atomic E-state index is 12.3. The summed E-state index contributed by atoms with van der Waals surface area (Å²) in [6.07, 6.45) is -0.294. The Labute approximate surface area is 159 Å². The molecule has 0 aliphatic rings. The molecule has 2 aromatic carbocycles. The number of amides is 1. The molecule has 0 bridgehead atoms. The highest BCUT2D eigenvalue weighted by Gasteiger charge is 2.18. The molecule has 1 heterocycles. The summed E-state index contributed by atoms with van der Waals surface area (Å²) in [5.41, 5.74) is 1.18. The van der Waals surface area contributed by atoms with Gasteiger partial charge in [0.05, 0.1) is 4.70 Å². The number of carbonyl (C=O) groups is 1. The maximum absolute atomic E-state index is 12.3. The fourth-order valence-electron chi connectivity index (χ4n) is 2.56. The molecule has 5 heteroatoms. The van der Waals surface area contributed by atoms with Gasteiger partial charge in [-0.1, -0.05) is 42.5 Å². The van der Waals surface area contributed by atoms with E-state index in [1.54, 1.807) is 16.2 Å².